The van der Waals surface area contributed by atoms with Crippen LogP contribution in [0.4, 0.5) is 0 Å². The topological polar surface area (TPSA) is 289 Å². The third-order valence-electron chi connectivity index (χ3n) is 13.3. The Bertz CT molecular complexity index is 3190. The minimum absolute atomic E-state index is 0.00711. The number of carbonyl (C=O) groups is 5. The summed E-state index contributed by atoms with van der Waals surface area (Å²) in [5, 5.41) is 22.5. The van der Waals surface area contributed by atoms with E-state index >= 15 is 0 Å². The number of cyclic esters (lactones) is 1. The molecule has 4 amide bonds. The number of ether oxygens (including phenoxy) is 4. The molecule has 1 aromatic carbocycles. The van der Waals surface area contributed by atoms with E-state index < -0.39 is 63.3 Å². The molecule has 0 radical (unpaired) electrons. The number of nitrogens with one attached hydrogen (secondary N) is 4. The Morgan fingerprint density at radius 3 is 2.34 bits per heavy atom. The molecule has 404 valence electrons. The summed E-state index contributed by atoms with van der Waals surface area (Å²) in [5.41, 5.74) is 0.887. The summed E-state index contributed by atoms with van der Waals surface area (Å²) >= 11 is 0. The first kappa shape index (κ1) is 56.3. The zero-order valence-corrected chi connectivity index (χ0v) is 44.2. The Balaban J connectivity index is 0.942. The largest absolute Gasteiger partial charge is 0.458 e. The lowest BCUT2D eigenvalue weighted by Crippen LogP contribution is -2.56. The van der Waals surface area contributed by atoms with Gasteiger partial charge in [0.2, 0.25) is 45.4 Å². The van der Waals surface area contributed by atoms with Gasteiger partial charge < -0.3 is 54.8 Å². The molecule has 0 spiro atoms. The number of aliphatic hydroxyl groups is 1. The van der Waals surface area contributed by atoms with Crippen LogP contribution in [0.15, 0.2) is 40.5 Å². The molecule has 3 aliphatic rings. The Kier molecular flexibility index (Phi) is 18.5. The van der Waals surface area contributed by atoms with Crippen LogP contribution in [-0.2, 0) is 62.0 Å². The predicted molar refractivity (Wildman–Crippen MR) is 276 cm³/mol. The number of aromatic nitrogens is 4. The van der Waals surface area contributed by atoms with Crippen LogP contribution < -0.4 is 36.3 Å². The number of carbonyl (C=O) groups excluding carboxylic acids is 5. The van der Waals surface area contributed by atoms with E-state index in [0.29, 0.717) is 69.7 Å². The molecule has 0 bridgehead atoms. The van der Waals surface area contributed by atoms with Crippen LogP contribution in [0.1, 0.15) is 107 Å². The van der Waals surface area contributed by atoms with Crippen molar-refractivity contribution in [3.05, 3.63) is 68.8 Å². The number of rotatable bonds is 22. The van der Waals surface area contributed by atoms with E-state index in [1.165, 1.54) is 17.0 Å². The second-order valence-corrected chi connectivity index (χ2v) is 20.7. The van der Waals surface area contributed by atoms with Gasteiger partial charge in [0.1, 0.15) is 32.0 Å². The lowest BCUT2D eigenvalue weighted by molar-refractivity contribution is -0.172. The number of esters is 1. The van der Waals surface area contributed by atoms with Crippen LogP contribution in [0, 0.1) is 29.6 Å². The highest BCUT2D eigenvalue weighted by Gasteiger charge is 2.45. The zero-order valence-electron chi connectivity index (χ0n) is 43.4. The number of benzene rings is 1. The molecule has 7 rings (SSSR count). The third-order valence-corrected chi connectivity index (χ3v) is 14.1. The molecule has 5 N–H and O–H groups in total. The summed E-state index contributed by atoms with van der Waals surface area (Å²) in [6.07, 6.45) is 6.04. The number of amides is 4. The molecule has 4 aromatic rings. The number of hydrogen-bond acceptors (Lipinski definition) is 17. The van der Waals surface area contributed by atoms with Gasteiger partial charge in [0.25, 0.3) is 5.56 Å². The summed E-state index contributed by atoms with van der Waals surface area (Å²) in [6.45, 7) is 10.9. The summed E-state index contributed by atoms with van der Waals surface area (Å²) < 4.78 is 46.9. The average molecular weight is 1070 g/mol. The maximum atomic E-state index is 13.9. The summed E-state index contributed by atoms with van der Waals surface area (Å²) in [6, 6.07) is 3.14. The number of sulfone groups is 1. The van der Waals surface area contributed by atoms with Crippen molar-refractivity contribution in [3.8, 4) is 46.6 Å². The smallest absolute Gasteiger partial charge is 0.343 e. The van der Waals surface area contributed by atoms with Crippen LogP contribution >= 0.6 is 0 Å². The lowest BCUT2D eigenvalue weighted by atomic mass is 9.86. The average Bonchev–Trinajstić information content (AvgIpc) is 4.06. The Morgan fingerprint density at radius 1 is 0.908 bits per heavy atom. The van der Waals surface area contributed by atoms with Crippen LogP contribution in [0.25, 0.3) is 22.3 Å². The van der Waals surface area contributed by atoms with Crippen molar-refractivity contribution < 1.29 is 56.4 Å². The van der Waals surface area contributed by atoms with Gasteiger partial charge >= 0.3 is 5.97 Å². The van der Waals surface area contributed by atoms with E-state index in [9.17, 15) is 42.3 Å². The molecule has 3 atom stereocenters. The fourth-order valence-corrected chi connectivity index (χ4v) is 9.42. The molecule has 6 heterocycles. The predicted octanol–water partition coefficient (Wildman–Crippen LogP) is 1.92. The molecular formula is C53H63N9O13S. The molecule has 22 nitrogen and oxygen atoms in total. The maximum absolute atomic E-state index is 13.9. The van der Waals surface area contributed by atoms with Gasteiger partial charge in [-0.2, -0.15) is 0 Å². The molecule has 3 aliphatic heterocycles. The number of unbranched alkanes of at least 4 members (excludes halogenated alkanes) is 2. The van der Waals surface area contributed by atoms with Crippen molar-refractivity contribution in [1.29, 1.82) is 0 Å². The van der Waals surface area contributed by atoms with Gasteiger partial charge in [0, 0.05) is 59.6 Å². The number of fused-ring (bicyclic) bond motifs is 6. The standard InChI is InChI=1S/C53H63N9O13S/c1-7-53(69)38-23-41-47-36(28-62(41)50(67)37(38)29-73-51(53)68)34(35-22-42-43(75-31-74-42)24-40(35)58-47)17-15-21-72-30-57-45(64)27-54-48(65)39(18-13-14-20-61(8-2)9-3)59-49(66)46(32(4)5)60-44(63)19-12-10-11-16-33-25-55-52(56-26-33)76(6,70)71/h22-26,32,39,46,69H,7-10,12-14,18-21,27-31H2,1-6H3,(H,54,65)(H,57,64)(H,59,66)(H,60,63)/t39-,46-,53-/m0/s1. The first-order valence-electron chi connectivity index (χ1n) is 25.2. The first-order chi connectivity index (χ1) is 36.4. The fourth-order valence-electron chi connectivity index (χ4n) is 8.93. The maximum Gasteiger partial charge on any atom is 0.343 e. The minimum Gasteiger partial charge on any atom is -0.458 e. The minimum atomic E-state index is -3.54. The van der Waals surface area contributed by atoms with Crippen molar-refractivity contribution in [3.63, 3.8) is 0 Å². The monoisotopic (exact) mass is 1070 g/mol. The van der Waals surface area contributed by atoms with E-state index in [2.05, 4.69) is 73.7 Å². The van der Waals surface area contributed by atoms with Gasteiger partial charge in [0.05, 0.1) is 41.1 Å². The number of pyridine rings is 2. The SMILES string of the molecule is CCN(CC)CCCC[C@H](NC(=O)[C@@H](NC(=O)CCCC#Cc1cnc(S(C)(=O)=O)nc1)C(C)C)C(=O)NCC(=O)NCOCC#Cc1c2c(nc3cc4c(cc13)OCO4)-c1cc3c(c(=O)n1C2)COC(=O)[C@]3(O)CC. The van der Waals surface area contributed by atoms with Gasteiger partial charge in [-0.3, -0.25) is 24.0 Å². The Hall–Kier alpha value is -7.44. The van der Waals surface area contributed by atoms with Gasteiger partial charge in [-0.15, -0.1) is 0 Å². The highest BCUT2D eigenvalue weighted by atomic mass is 32.2. The lowest BCUT2D eigenvalue weighted by Gasteiger charge is -2.31. The van der Waals surface area contributed by atoms with Crippen LogP contribution in [0.3, 0.4) is 0 Å². The van der Waals surface area contributed by atoms with E-state index in [0.717, 1.165) is 32.3 Å². The van der Waals surface area contributed by atoms with E-state index in [4.69, 9.17) is 23.9 Å². The number of hydrogen-bond donors (Lipinski definition) is 5. The fraction of sp³-hybridized carbons (Fsp3) is 0.491. The molecule has 76 heavy (non-hydrogen) atoms. The molecular weight excluding hydrogens is 1000 g/mol. The van der Waals surface area contributed by atoms with Crippen LogP contribution in [0.2, 0.25) is 0 Å². The second kappa shape index (κ2) is 24.9. The van der Waals surface area contributed by atoms with Gasteiger partial charge in [-0.1, -0.05) is 58.3 Å². The highest BCUT2D eigenvalue weighted by molar-refractivity contribution is 7.90. The second-order valence-electron chi connectivity index (χ2n) is 18.8. The van der Waals surface area contributed by atoms with E-state index in [1.54, 1.807) is 39.0 Å². The van der Waals surface area contributed by atoms with Crippen molar-refractivity contribution >= 4 is 50.3 Å². The molecule has 0 saturated heterocycles. The molecule has 3 aromatic heterocycles. The van der Waals surface area contributed by atoms with Gasteiger partial charge in [0.15, 0.2) is 17.1 Å². The van der Waals surface area contributed by atoms with Gasteiger partial charge in [-0.05, 0) is 69.8 Å². The van der Waals surface area contributed by atoms with Crippen molar-refractivity contribution in [2.75, 3.05) is 52.6 Å². The molecule has 0 saturated carbocycles. The van der Waals surface area contributed by atoms with Crippen LogP contribution in [-0.4, -0.2) is 132 Å². The molecule has 23 heteroatoms. The third kappa shape index (κ3) is 13.1. The van der Waals surface area contributed by atoms with Crippen molar-refractivity contribution in [2.45, 2.75) is 116 Å². The summed E-state index contributed by atoms with van der Waals surface area (Å²) in [4.78, 5) is 94.7. The highest BCUT2D eigenvalue weighted by Crippen LogP contribution is 2.43. The van der Waals surface area contributed by atoms with Gasteiger partial charge in [-0.25, -0.2) is 28.2 Å². The normalized spacial score (nSPS) is 15.8. The van der Waals surface area contributed by atoms with Crippen molar-refractivity contribution in [1.82, 2.24) is 45.7 Å². The summed E-state index contributed by atoms with van der Waals surface area (Å²) in [7, 11) is -3.54. The molecule has 0 fully saturated rings. The van der Waals surface area contributed by atoms with Crippen molar-refractivity contribution in [2.24, 2.45) is 5.92 Å². The summed E-state index contributed by atoms with van der Waals surface area (Å²) in [5.74, 6) is 9.65. The Morgan fingerprint density at radius 2 is 1.64 bits per heavy atom. The van der Waals surface area contributed by atoms with Crippen LogP contribution in [0.5, 0.6) is 11.5 Å². The van der Waals surface area contributed by atoms with E-state index in [1.807, 2.05) is 0 Å². The quantitative estimate of drug-likeness (QED) is 0.0218. The first-order valence-corrected chi connectivity index (χ1v) is 27.1. The zero-order chi connectivity index (χ0) is 54.7. The van der Waals surface area contributed by atoms with E-state index in [-0.39, 0.29) is 80.7 Å². The molecule has 0 aliphatic carbocycles. The molecule has 0 unspecified atom stereocenters. The number of nitrogens with zero attached hydrogens (tertiary/aromatic N) is 5. The Labute approximate surface area is 440 Å².